The van der Waals surface area contributed by atoms with E-state index in [1.54, 1.807) is 55.2 Å². The van der Waals surface area contributed by atoms with E-state index in [0.29, 0.717) is 30.9 Å². The predicted octanol–water partition coefficient (Wildman–Crippen LogP) is 15.7. The number of unbranched alkanes of at least 4 members (excludes halogenated alkanes) is 26. The fourth-order valence-corrected chi connectivity index (χ4v) is 9.15. The van der Waals surface area contributed by atoms with Crippen LogP contribution in [0.25, 0.3) is 0 Å². The zero-order valence-electron chi connectivity index (χ0n) is 40.4. The van der Waals surface area contributed by atoms with E-state index in [1.807, 2.05) is 12.1 Å². The largest absolute Gasteiger partial charge is 0.458 e. The van der Waals surface area contributed by atoms with Crippen molar-refractivity contribution in [2.75, 3.05) is 45.9 Å². The van der Waals surface area contributed by atoms with E-state index >= 15 is 0 Å². The molecule has 3 atom stereocenters. The summed E-state index contributed by atoms with van der Waals surface area (Å²) in [5, 5.41) is 0. The SMILES string of the molecule is CCCCCCCCCCCCCCCCOCC(COP(C)(=O)CCC(COC(=O)c1ccccc1)OC(=O)c1ccccc1)OCCCCCCCCCCCCCCCC. The standard InChI is InChI=1S/C54H91O8P/c1-4-6-8-10-12-14-16-18-20-22-24-26-28-36-43-58-46-52(59-44-37-29-27-25-23-21-19-17-15-13-11-9-7-5-2)48-61-63(3,57)45-42-51(62-54(56)50-40-34-31-35-41-50)47-60-53(55)49-38-32-30-33-39-49/h30-35,38-41,51-52H,4-29,36-37,42-48H2,1-3H3. The van der Waals surface area contributed by atoms with E-state index < -0.39 is 25.4 Å². The van der Waals surface area contributed by atoms with Crippen molar-refractivity contribution in [2.45, 2.75) is 212 Å². The van der Waals surface area contributed by atoms with Crippen molar-refractivity contribution >= 4 is 19.3 Å². The van der Waals surface area contributed by atoms with Crippen LogP contribution in [-0.4, -0.2) is 70.0 Å². The highest BCUT2D eigenvalue weighted by atomic mass is 31.2. The van der Waals surface area contributed by atoms with Crippen LogP contribution in [0.2, 0.25) is 0 Å². The van der Waals surface area contributed by atoms with Crippen molar-refractivity contribution in [3.8, 4) is 0 Å². The number of carbonyl (C=O) groups is 2. The minimum absolute atomic E-state index is 0.147. The molecular formula is C54H91O8P. The van der Waals surface area contributed by atoms with Gasteiger partial charge in [-0.3, -0.25) is 4.57 Å². The maximum absolute atomic E-state index is 13.8. The van der Waals surface area contributed by atoms with Crippen LogP contribution in [0.5, 0.6) is 0 Å². The molecule has 0 amide bonds. The lowest BCUT2D eigenvalue weighted by atomic mass is 10.0. The molecule has 0 aliphatic carbocycles. The van der Waals surface area contributed by atoms with Crippen molar-refractivity contribution in [1.82, 2.24) is 0 Å². The molecule has 2 aromatic carbocycles. The summed E-state index contributed by atoms with van der Waals surface area (Å²) in [4.78, 5) is 25.7. The maximum atomic E-state index is 13.8. The topological polar surface area (TPSA) is 97.4 Å². The van der Waals surface area contributed by atoms with Crippen molar-refractivity contribution in [3.05, 3.63) is 71.8 Å². The number of hydrogen-bond acceptors (Lipinski definition) is 8. The van der Waals surface area contributed by atoms with E-state index in [0.717, 1.165) is 19.3 Å². The molecule has 3 unspecified atom stereocenters. The minimum atomic E-state index is -3.14. The van der Waals surface area contributed by atoms with Crippen LogP contribution in [0.4, 0.5) is 0 Å². The zero-order chi connectivity index (χ0) is 45.3. The number of benzene rings is 2. The lowest BCUT2D eigenvalue weighted by molar-refractivity contribution is -0.0385. The number of esters is 2. The second-order valence-electron chi connectivity index (χ2n) is 17.9. The van der Waals surface area contributed by atoms with Crippen LogP contribution in [-0.2, 0) is 28.0 Å². The molecule has 0 heterocycles. The summed E-state index contributed by atoms with van der Waals surface area (Å²) >= 11 is 0. The Morgan fingerprint density at radius 3 is 1.32 bits per heavy atom. The van der Waals surface area contributed by atoms with Gasteiger partial charge < -0.3 is 23.5 Å². The first-order valence-corrected chi connectivity index (χ1v) is 28.0. The molecule has 0 N–H and O–H groups in total. The van der Waals surface area contributed by atoms with Crippen LogP contribution in [0.15, 0.2) is 60.7 Å². The first kappa shape index (κ1) is 56.6. The third-order valence-electron chi connectivity index (χ3n) is 11.9. The highest BCUT2D eigenvalue weighted by Crippen LogP contribution is 2.44. The van der Waals surface area contributed by atoms with Gasteiger partial charge in [-0.1, -0.05) is 217 Å². The van der Waals surface area contributed by atoms with Crippen LogP contribution in [0.1, 0.15) is 221 Å². The number of rotatable bonds is 44. The molecule has 9 heteroatoms. The number of hydrogen-bond donors (Lipinski definition) is 0. The van der Waals surface area contributed by atoms with Gasteiger partial charge in [-0.05, 0) is 43.5 Å². The Morgan fingerprint density at radius 2 is 0.873 bits per heavy atom. The molecule has 0 fully saturated rings. The lowest BCUT2D eigenvalue weighted by Crippen LogP contribution is -2.28. The van der Waals surface area contributed by atoms with E-state index in [9.17, 15) is 14.2 Å². The van der Waals surface area contributed by atoms with Crippen molar-refractivity contribution < 1.29 is 37.6 Å². The molecule has 0 aromatic heterocycles. The number of ether oxygens (including phenoxy) is 4. The summed E-state index contributed by atoms with van der Waals surface area (Å²) in [6.07, 6.45) is 36.0. The minimum Gasteiger partial charge on any atom is -0.458 e. The quantitative estimate of drug-likeness (QED) is 0.0368. The van der Waals surface area contributed by atoms with Gasteiger partial charge >= 0.3 is 11.9 Å². The van der Waals surface area contributed by atoms with Gasteiger partial charge in [-0.2, -0.15) is 0 Å². The summed E-state index contributed by atoms with van der Waals surface area (Å²) in [6, 6.07) is 17.4. The fourth-order valence-electron chi connectivity index (χ4n) is 7.78. The molecule has 2 rings (SSSR count). The maximum Gasteiger partial charge on any atom is 0.338 e. The molecule has 0 radical (unpaired) electrons. The number of carbonyl (C=O) groups excluding carboxylic acids is 2. The van der Waals surface area contributed by atoms with Crippen LogP contribution in [0, 0.1) is 0 Å². The van der Waals surface area contributed by atoms with Crippen molar-refractivity contribution in [3.63, 3.8) is 0 Å². The summed E-state index contributed by atoms with van der Waals surface area (Å²) in [5.41, 5.74) is 0.794. The molecule has 0 spiro atoms. The van der Waals surface area contributed by atoms with Crippen molar-refractivity contribution in [2.24, 2.45) is 0 Å². The van der Waals surface area contributed by atoms with Gasteiger partial charge in [0.05, 0.1) is 24.3 Å². The molecular weight excluding hydrogens is 808 g/mol. The highest BCUT2D eigenvalue weighted by Gasteiger charge is 2.25. The molecule has 0 saturated carbocycles. The van der Waals surface area contributed by atoms with E-state index in [1.165, 1.54) is 161 Å². The van der Waals surface area contributed by atoms with Crippen LogP contribution < -0.4 is 0 Å². The molecule has 0 aliphatic heterocycles. The molecule has 0 aliphatic rings. The molecule has 8 nitrogen and oxygen atoms in total. The van der Waals surface area contributed by atoms with Gasteiger partial charge in [0.1, 0.15) is 18.8 Å². The summed E-state index contributed by atoms with van der Waals surface area (Å²) in [7, 11) is -3.14. The van der Waals surface area contributed by atoms with Gasteiger partial charge in [0, 0.05) is 26.0 Å². The zero-order valence-corrected chi connectivity index (χ0v) is 41.3. The molecule has 63 heavy (non-hydrogen) atoms. The Bertz CT molecular complexity index is 1390. The Hall–Kier alpha value is -2.51. The van der Waals surface area contributed by atoms with Gasteiger partial charge in [-0.15, -0.1) is 0 Å². The Morgan fingerprint density at radius 1 is 0.476 bits per heavy atom. The average molecular weight is 899 g/mol. The third-order valence-corrected chi connectivity index (χ3v) is 13.6. The second-order valence-corrected chi connectivity index (χ2v) is 20.7. The second kappa shape index (κ2) is 39.8. The fraction of sp³-hybridized carbons (Fsp3) is 0.741. The normalized spacial score (nSPS) is 13.4. The van der Waals surface area contributed by atoms with Gasteiger partial charge in [0.15, 0.2) is 7.37 Å². The van der Waals surface area contributed by atoms with E-state index in [2.05, 4.69) is 13.8 Å². The first-order valence-electron chi connectivity index (χ1n) is 25.7. The molecule has 2 aromatic rings. The van der Waals surface area contributed by atoms with Crippen molar-refractivity contribution in [1.29, 1.82) is 0 Å². The van der Waals surface area contributed by atoms with E-state index in [-0.39, 0.29) is 31.9 Å². The summed E-state index contributed by atoms with van der Waals surface area (Å²) < 4.78 is 43.6. The Balaban J connectivity index is 1.78. The summed E-state index contributed by atoms with van der Waals surface area (Å²) in [6.45, 7) is 7.84. The Kier molecular flexibility index (Phi) is 35.8. The Labute approximate surface area is 385 Å². The summed E-state index contributed by atoms with van der Waals surface area (Å²) in [5.74, 6) is -1.05. The van der Waals surface area contributed by atoms with Gasteiger partial charge in [0.2, 0.25) is 0 Å². The molecule has 360 valence electrons. The lowest BCUT2D eigenvalue weighted by Gasteiger charge is -2.23. The smallest absolute Gasteiger partial charge is 0.338 e. The monoisotopic (exact) mass is 899 g/mol. The van der Waals surface area contributed by atoms with Crippen LogP contribution in [0.3, 0.4) is 0 Å². The highest BCUT2D eigenvalue weighted by molar-refractivity contribution is 7.58. The predicted molar refractivity (Wildman–Crippen MR) is 263 cm³/mol. The van der Waals surface area contributed by atoms with E-state index in [4.69, 9.17) is 23.5 Å². The van der Waals surface area contributed by atoms with Crippen LogP contribution >= 0.6 is 7.37 Å². The molecule has 0 saturated heterocycles. The van der Waals surface area contributed by atoms with Gasteiger partial charge in [-0.25, -0.2) is 9.59 Å². The first-order chi connectivity index (χ1) is 30.8. The molecule has 0 bridgehead atoms. The average Bonchev–Trinajstić information content (AvgIpc) is 3.30. The third kappa shape index (κ3) is 32.7. The van der Waals surface area contributed by atoms with Gasteiger partial charge in [0.25, 0.3) is 0 Å².